The van der Waals surface area contributed by atoms with Gasteiger partial charge in [0, 0.05) is 26.2 Å². The van der Waals surface area contributed by atoms with Crippen LogP contribution < -0.4 is 16.2 Å². The van der Waals surface area contributed by atoms with Gasteiger partial charge in [0.05, 0.1) is 11.9 Å². The van der Waals surface area contributed by atoms with Crippen molar-refractivity contribution in [1.82, 2.24) is 9.78 Å². The number of hydrogen-bond acceptors (Lipinski definition) is 4. The Morgan fingerprint density at radius 1 is 1.45 bits per heavy atom. The largest absolute Gasteiger partial charge is 0.373 e. The number of nitrogens with zero attached hydrogens (tertiary/aromatic N) is 3. The third kappa shape index (κ3) is 4.96. The van der Waals surface area contributed by atoms with Gasteiger partial charge >= 0.3 is 0 Å². The maximum absolute atomic E-state index is 12.0. The van der Waals surface area contributed by atoms with Gasteiger partial charge in [0.2, 0.25) is 0 Å². The summed E-state index contributed by atoms with van der Waals surface area (Å²) in [6.45, 7) is 8.65. The van der Waals surface area contributed by atoms with E-state index in [4.69, 9.17) is 5.73 Å². The smallest absolute Gasteiger partial charge is 0.268 e. The van der Waals surface area contributed by atoms with E-state index in [1.807, 2.05) is 7.05 Å². The van der Waals surface area contributed by atoms with Gasteiger partial charge in [-0.05, 0) is 31.2 Å². The molecule has 0 amide bonds. The third-order valence-electron chi connectivity index (χ3n) is 3.63. The van der Waals surface area contributed by atoms with Crippen LogP contribution in [0.3, 0.4) is 0 Å². The van der Waals surface area contributed by atoms with Crippen LogP contribution in [0, 0.1) is 5.41 Å². The van der Waals surface area contributed by atoms with Crippen LogP contribution in [-0.2, 0) is 6.54 Å². The van der Waals surface area contributed by atoms with Crippen LogP contribution in [0.15, 0.2) is 17.1 Å². The van der Waals surface area contributed by atoms with E-state index < -0.39 is 0 Å². The zero-order valence-electron chi connectivity index (χ0n) is 13.2. The second kappa shape index (κ2) is 7.43. The Kier molecular flexibility index (Phi) is 6.20. The lowest BCUT2D eigenvalue weighted by atomic mass is 9.88. The molecule has 0 saturated carbocycles. The summed E-state index contributed by atoms with van der Waals surface area (Å²) in [6, 6.07) is 1.66. The minimum absolute atomic E-state index is 0.0315. The monoisotopic (exact) mass is 280 g/mol. The quantitative estimate of drug-likeness (QED) is 0.789. The van der Waals surface area contributed by atoms with E-state index in [0.717, 1.165) is 31.5 Å². The zero-order valence-corrected chi connectivity index (χ0v) is 13.2. The van der Waals surface area contributed by atoms with Crippen LogP contribution in [0.2, 0.25) is 0 Å². The molecular formula is C15H28N4O. The Balaban J connectivity index is 2.63. The van der Waals surface area contributed by atoms with Gasteiger partial charge in [-0.1, -0.05) is 20.8 Å². The van der Waals surface area contributed by atoms with Crippen LogP contribution >= 0.6 is 0 Å². The van der Waals surface area contributed by atoms with Crippen molar-refractivity contribution in [1.29, 1.82) is 0 Å². The minimum atomic E-state index is -0.0315. The van der Waals surface area contributed by atoms with Crippen molar-refractivity contribution in [2.24, 2.45) is 11.1 Å². The fourth-order valence-corrected chi connectivity index (χ4v) is 2.07. The molecule has 0 aliphatic heterocycles. The van der Waals surface area contributed by atoms with Gasteiger partial charge in [-0.3, -0.25) is 4.79 Å². The number of aromatic nitrogens is 2. The van der Waals surface area contributed by atoms with E-state index in [0.29, 0.717) is 13.1 Å². The Morgan fingerprint density at radius 2 is 2.15 bits per heavy atom. The topological polar surface area (TPSA) is 64.2 Å². The van der Waals surface area contributed by atoms with E-state index >= 15 is 0 Å². The molecule has 0 unspecified atom stereocenters. The van der Waals surface area contributed by atoms with Gasteiger partial charge in [0.1, 0.15) is 0 Å². The van der Waals surface area contributed by atoms with E-state index in [2.05, 4.69) is 30.8 Å². The van der Waals surface area contributed by atoms with Crippen LogP contribution in [0.4, 0.5) is 5.69 Å². The van der Waals surface area contributed by atoms with Gasteiger partial charge in [0.25, 0.3) is 5.56 Å². The summed E-state index contributed by atoms with van der Waals surface area (Å²) >= 11 is 0. The van der Waals surface area contributed by atoms with Gasteiger partial charge < -0.3 is 10.6 Å². The first kappa shape index (κ1) is 16.7. The molecule has 0 saturated heterocycles. The fourth-order valence-electron chi connectivity index (χ4n) is 2.07. The molecule has 1 rings (SSSR count). The Labute approximate surface area is 121 Å². The highest BCUT2D eigenvalue weighted by atomic mass is 16.1. The van der Waals surface area contributed by atoms with Crippen molar-refractivity contribution < 1.29 is 0 Å². The summed E-state index contributed by atoms with van der Waals surface area (Å²) < 4.78 is 1.54. The summed E-state index contributed by atoms with van der Waals surface area (Å²) in [5, 5.41) is 4.26. The predicted molar refractivity (Wildman–Crippen MR) is 84.1 cm³/mol. The average molecular weight is 280 g/mol. The number of hydrogen-bond donors (Lipinski definition) is 1. The maximum atomic E-state index is 12.0. The molecule has 1 aromatic heterocycles. The molecule has 0 aliphatic rings. The molecule has 20 heavy (non-hydrogen) atoms. The number of anilines is 1. The van der Waals surface area contributed by atoms with Gasteiger partial charge in [-0.2, -0.15) is 5.10 Å². The van der Waals surface area contributed by atoms with E-state index in [-0.39, 0.29) is 11.0 Å². The van der Waals surface area contributed by atoms with Gasteiger partial charge in [-0.25, -0.2) is 4.68 Å². The van der Waals surface area contributed by atoms with Crippen LogP contribution in [-0.4, -0.2) is 29.9 Å². The highest BCUT2D eigenvalue weighted by Gasteiger charge is 2.15. The second-order valence-corrected chi connectivity index (χ2v) is 6.17. The van der Waals surface area contributed by atoms with Crippen LogP contribution in [0.25, 0.3) is 0 Å². The summed E-state index contributed by atoms with van der Waals surface area (Å²) in [5.74, 6) is 0. The van der Waals surface area contributed by atoms with E-state index in [1.165, 1.54) is 4.68 Å². The minimum Gasteiger partial charge on any atom is -0.373 e. The summed E-state index contributed by atoms with van der Waals surface area (Å²) in [5.41, 5.74) is 6.69. The van der Waals surface area contributed by atoms with Crippen LogP contribution in [0.1, 0.15) is 40.0 Å². The lowest BCUT2D eigenvalue weighted by molar-refractivity contribution is 0.322. The lowest BCUT2D eigenvalue weighted by Crippen LogP contribution is -2.27. The van der Waals surface area contributed by atoms with Crippen molar-refractivity contribution in [3.05, 3.63) is 22.6 Å². The molecule has 0 fully saturated rings. The Morgan fingerprint density at radius 3 is 2.70 bits per heavy atom. The summed E-state index contributed by atoms with van der Waals surface area (Å²) in [6.07, 6.45) is 4.73. The number of rotatable bonds is 8. The molecule has 0 bridgehead atoms. The Hall–Kier alpha value is -1.36. The van der Waals surface area contributed by atoms with Crippen molar-refractivity contribution in [2.75, 3.05) is 25.0 Å². The normalized spacial score (nSPS) is 11.7. The zero-order chi connectivity index (χ0) is 15.2. The van der Waals surface area contributed by atoms with Crippen LogP contribution in [0.5, 0.6) is 0 Å². The van der Waals surface area contributed by atoms with E-state index in [1.54, 1.807) is 12.3 Å². The lowest BCUT2D eigenvalue weighted by Gasteiger charge is -2.22. The standard InChI is InChI=1S/C15H28N4O/c1-5-8-18(4)13-10-14(20)19(17-11-13)9-6-7-15(2,3)12-16/h10-11H,5-9,12,16H2,1-4H3. The third-order valence-corrected chi connectivity index (χ3v) is 3.63. The first-order valence-corrected chi connectivity index (χ1v) is 7.38. The van der Waals surface area contributed by atoms with Crippen molar-refractivity contribution in [3.63, 3.8) is 0 Å². The van der Waals surface area contributed by atoms with Crippen molar-refractivity contribution >= 4 is 5.69 Å². The molecule has 1 heterocycles. The molecule has 5 nitrogen and oxygen atoms in total. The SMILES string of the molecule is CCCN(C)c1cnn(CCCC(C)(C)CN)c(=O)c1. The summed E-state index contributed by atoms with van der Waals surface area (Å²) in [4.78, 5) is 14.1. The predicted octanol–water partition coefficient (Wildman–Crippen LogP) is 1.85. The number of aryl methyl sites for hydroxylation is 1. The molecule has 0 aliphatic carbocycles. The first-order valence-electron chi connectivity index (χ1n) is 7.38. The molecule has 0 atom stereocenters. The van der Waals surface area contributed by atoms with Crippen molar-refractivity contribution in [2.45, 2.75) is 46.6 Å². The van der Waals surface area contributed by atoms with Gasteiger partial charge in [0.15, 0.2) is 0 Å². The van der Waals surface area contributed by atoms with Gasteiger partial charge in [-0.15, -0.1) is 0 Å². The molecule has 5 heteroatoms. The molecule has 2 N–H and O–H groups in total. The summed E-state index contributed by atoms with van der Waals surface area (Å²) in [7, 11) is 1.98. The van der Waals surface area contributed by atoms with E-state index in [9.17, 15) is 4.79 Å². The Bertz CT molecular complexity index is 467. The van der Waals surface area contributed by atoms with Crippen molar-refractivity contribution in [3.8, 4) is 0 Å². The highest BCUT2D eigenvalue weighted by molar-refractivity contribution is 5.41. The molecule has 0 spiro atoms. The molecular weight excluding hydrogens is 252 g/mol. The molecule has 0 aromatic carbocycles. The second-order valence-electron chi connectivity index (χ2n) is 6.17. The maximum Gasteiger partial charge on any atom is 0.268 e. The first-order chi connectivity index (χ1) is 9.39. The molecule has 1 aromatic rings. The molecule has 114 valence electrons. The molecule has 0 radical (unpaired) electrons. The average Bonchev–Trinajstić information content (AvgIpc) is 2.40. The highest BCUT2D eigenvalue weighted by Crippen LogP contribution is 2.20. The number of nitrogens with two attached hydrogens (primary N) is 1. The fraction of sp³-hybridized carbons (Fsp3) is 0.733.